The zero-order chi connectivity index (χ0) is 22.6. The van der Waals surface area contributed by atoms with Crippen molar-refractivity contribution in [2.45, 2.75) is 12.1 Å². The predicted molar refractivity (Wildman–Crippen MR) is 109 cm³/mol. The Hall–Kier alpha value is -3.10. The largest absolute Gasteiger partial charge is 0.347 e. The molecule has 1 fully saturated rings. The number of aryl methyl sites for hydroxylation is 2. The number of hydrogen-bond donors (Lipinski definition) is 1. The summed E-state index contributed by atoms with van der Waals surface area (Å²) in [4.78, 5) is 43.4. The maximum absolute atomic E-state index is 13.4. The van der Waals surface area contributed by atoms with Crippen molar-refractivity contribution in [1.82, 2.24) is 34.4 Å². The molecule has 2 aliphatic heterocycles. The summed E-state index contributed by atoms with van der Waals surface area (Å²) in [6.07, 6.45) is 3.23. The Morgan fingerprint density at radius 1 is 1.29 bits per heavy atom. The first kappa shape index (κ1) is 21.1. The van der Waals surface area contributed by atoms with E-state index in [1.807, 2.05) is 0 Å². The lowest BCUT2D eigenvalue weighted by Crippen LogP contribution is -2.44. The van der Waals surface area contributed by atoms with Crippen LogP contribution in [0.15, 0.2) is 12.4 Å². The predicted octanol–water partition coefficient (Wildman–Crippen LogP) is 0.405. The summed E-state index contributed by atoms with van der Waals surface area (Å²) in [5.74, 6) is -0.764. The van der Waals surface area contributed by atoms with E-state index in [1.54, 1.807) is 52.3 Å². The number of anilines is 1. The van der Waals surface area contributed by atoms with Gasteiger partial charge in [0.2, 0.25) is 0 Å². The number of likely N-dealkylation sites (N-methyl/N-ethyl adjacent to an activating group) is 1. The molecule has 2 unspecified atom stereocenters. The van der Waals surface area contributed by atoms with E-state index >= 15 is 0 Å². The normalized spacial score (nSPS) is 19.6. The lowest BCUT2D eigenvalue weighted by Gasteiger charge is -2.32. The second-order valence-electron chi connectivity index (χ2n) is 7.57. The maximum atomic E-state index is 13.4. The zero-order valence-electron chi connectivity index (χ0n) is 17.6. The van der Waals surface area contributed by atoms with Crippen LogP contribution in [-0.4, -0.2) is 84.5 Å². The van der Waals surface area contributed by atoms with E-state index in [-0.39, 0.29) is 30.5 Å². The summed E-state index contributed by atoms with van der Waals surface area (Å²) in [6, 6.07) is -2.28. The van der Waals surface area contributed by atoms with Gasteiger partial charge in [-0.3, -0.25) is 19.0 Å². The van der Waals surface area contributed by atoms with Crippen molar-refractivity contribution in [3.8, 4) is 0 Å². The summed E-state index contributed by atoms with van der Waals surface area (Å²) in [7, 11) is 8.13. The average Bonchev–Trinajstić information content (AvgIpc) is 3.39. The Labute approximate surface area is 182 Å². The average molecular weight is 450 g/mol. The van der Waals surface area contributed by atoms with Crippen LogP contribution in [-0.2, 0) is 23.2 Å². The number of rotatable bonds is 5. The van der Waals surface area contributed by atoms with E-state index in [9.17, 15) is 18.9 Å². The van der Waals surface area contributed by atoms with Crippen molar-refractivity contribution < 1.29 is 23.2 Å². The second kappa shape index (κ2) is 7.55. The number of hydrogen-bond acceptors (Lipinski definition) is 8. The number of hydroxylamine groups is 2. The van der Waals surface area contributed by atoms with Crippen LogP contribution in [0, 0.1) is 0 Å². The van der Waals surface area contributed by atoms with Gasteiger partial charge in [-0.1, -0.05) is 0 Å². The second-order valence-corrected chi connectivity index (χ2v) is 7.87. The first-order chi connectivity index (χ1) is 14.7. The highest BCUT2D eigenvalue weighted by molar-refractivity contribution is 7.88. The third-order valence-corrected chi connectivity index (χ3v) is 5.72. The van der Waals surface area contributed by atoms with E-state index in [0.29, 0.717) is 16.9 Å². The lowest BCUT2D eigenvalue weighted by molar-refractivity contribution is -0.134. The van der Waals surface area contributed by atoms with Gasteiger partial charge < -0.3 is 19.3 Å². The van der Waals surface area contributed by atoms with Crippen LogP contribution in [0.2, 0.25) is 0 Å². The molecule has 4 amide bonds. The van der Waals surface area contributed by atoms with Gasteiger partial charge in [0.15, 0.2) is 24.1 Å². The monoisotopic (exact) mass is 450 g/mol. The molecule has 2 aromatic rings. The molecule has 2 bridgehead atoms. The molecular weight excluding hydrogens is 428 g/mol. The number of urea groups is 1. The van der Waals surface area contributed by atoms with Crippen LogP contribution in [0.5, 0.6) is 0 Å². The van der Waals surface area contributed by atoms with E-state index in [1.165, 1.54) is 19.4 Å². The van der Waals surface area contributed by atoms with Gasteiger partial charge in [-0.15, -0.1) is 0 Å². The highest BCUT2D eigenvalue weighted by atomic mass is 32.2. The number of aromatic nitrogens is 4. The first-order valence-electron chi connectivity index (χ1n) is 9.30. The molecule has 2 aliphatic rings. The molecule has 1 saturated heterocycles. The van der Waals surface area contributed by atoms with E-state index in [0.717, 1.165) is 5.06 Å². The highest BCUT2D eigenvalue weighted by Crippen LogP contribution is 2.46. The van der Waals surface area contributed by atoms with Crippen LogP contribution in [0.25, 0.3) is 0 Å². The topological polar surface area (TPSA) is 129 Å². The number of nitrogens with zero attached hydrogens (tertiary/aromatic N) is 8. The summed E-state index contributed by atoms with van der Waals surface area (Å²) in [5.41, 5.74) is 1.50. The van der Waals surface area contributed by atoms with E-state index < -0.39 is 24.0 Å². The molecule has 4 rings (SSSR count). The quantitative estimate of drug-likeness (QED) is 0.649. The van der Waals surface area contributed by atoms with Gasteiger partial charge >= 0.3 is 6.03 Å². The van der Waals surface area contributed by atoms with Gasteiger partial charge in [-0.05, 0) is 0 Å². The van der Waals surface area contributed by atoms with Crippen LogP contribution in [0.3, 0.4) is 0 Å². The van der Waals surface area contributed by atoms with Gasteiger partial charge in [0.1, 0.15) is 6.04 Å². The van der Waals surface area contributed by atoms with Gasteiger partial charge in [0.05, 0.1) is 24.1 Å². The molecule has 2 aromatic heterocycles. The minimum Gasteiger partial charge on any atom is -0.347 e. The fourth-order valence-electron chi connectivity index (χ4n) is 4.01. The van der Waals surface area contributed by atoms with Crippen LogP contribution in [0.4, 0.5) is 10.5 Å². The molecule has 0 spiro atoms. The van der Waals surface area contributed by atoms with Gasteiger partial charge in [0.25, 0.3) is 11.8 Å². The number of carbonyl (C=O) groups excluding carboxylic acids is 3. The van der Waals surface area contributed by atoms with Gasteiger partial charge in [0, 0.05) is 47.0 Å². The minimum atomic E-state index is -0.978. The highest BCUT2D eigenvalue weighted by Gasteiger charge is 2.55. The van der Waals surface area contributed by atoms with Crippen LogP contribution < -0.4 is 4.90 Å². The molecule has 0 radical (unpaired) electrons. The van der Waals surface area contributed by atoms with Crippen molar-refractivity contribution in [2.75, 3.05) is 32.6 Å². The number of amides is 4. The zero-order valence-corrected chi connectivity index (χ0v) is 18.4. The lowest BCUT2D eigenvalue weighted by atomic mass is 9.94. The third kappa shape index (κ3) is 3.14. The standard InChI is InChI=1S/C17H22N8O5S/c1-20(2)16(27)14-13-11(10-8-24(14)17(28)25(10)30-31-29)12(19-23(13)5)15(26)22(4)9-6-18-21(3)7-9/h6-7,10,14,29H,8H2,1-5H3. The Morgan fingerprint density at radius 3 is 2.58 bits per heavy atom. The van der Waals surface area contributed by atoms with Crippen molar-refractivity contribution in [3.05, 3.63) is 29.3 Å². The fraction of sp³-hybridized carbons (Fsp3) is 0.471. The van der Waals surface area contributed by atoms with Crippen molar-refractivity contribution in [3.63, 3.8) is 0 Å². The Balaban J connectivity index is 1.85. The molecule has 13 nitrogen and oxygen atoms in total. The van der Waals surface area contributed by atoms with Crippen molar-refractivity contribution in [1.29, 1.82) is 0 Å². The van der Waals surface area contributed by atoms with E-state index in [2.05, 4.69) is 10.2 Å². The summed E-state index contributed by atoms with van der Waals surface area (Å²) >= 11 is 0.0187. The smallest absolute Gasteiger partial charge is 0.346 e. The van der Waals surface area contributed by atoms with Crippen LogP contribution >= 0.6 is 12.3 Å². The molecule has 2 atom stereocenters. The van der Waals surface area contributed by atoms with Gasteiger partial charge in [-0.2, -0.15) is 19.5 Å². The molecule has 166 valence electrons. The Morgan fingerprint density at radius 2 is 2.00 bits per heavy atom. The summed E-state index contributed by atoms with van der Waals surface area (Å²) in [6.45, 7) is 0.110. The Kier molecular flexibility index (Phi) is 5.15. The summed E-state index contributed by atoms with van der Waals surface area (Å²) < 4.78 is 17.3. The SMILES string of the molecule is CN(C)C(=O)C1c2c(c(C(=O)N(C)c3cnn(C)c3)nn2C)C2CN1C(=O)N2OSO. The first-order valence-corrected chi connectivity index (χ1v) is 9.99. The van der Waals surface area contributed by atoms with Gasteiger partial charge in [-0.25, -0.2) is 4.79 Å². The van der Waals surface area contributed by atoms with Crippen molar-refractivity contribution >= 4 is 35.9 Å². The molecular formula is C17H22N8O5S. The minimum absolute atomic E-state index is 0.0187. The van der Waals surface area contributed by atoms with Crippen molar-refractivity contribution in [2.24, 2.45) is 14.1 Å². The maximum Gasteiger partial charge on any atom is 0.346 e. The molecule has 4 heterocycles. The molecule has 1 N–H and O–H groups in total. The number of carbonyl (C=O) groups is 3. The van der Waals surface area contributed by atoms with Crippen LogP contribution in [0.1, 0.15) is 33.8 Å². The molecule has 0 aromatic carbocycles. The molecule has 0 saturated carbocycles. The third-order valence-electron chi connectivity index (χ3n) is 5.49. The number of fused-ring (bicyclic) bond motifs is 4. The molecule has 0 aliphatic carbocycles. The van der Waals surface area contributed by atoms with E-state index in [4.69, 9.17) is 4.28 Å². The molecule has 31 heavy (non-hydrogen) atoms. The molecule has 14 heteroatoms. The Bertz CT molecular complexity index is 1070. The fourth-order valence-corrected chi connectivity index (χ4v) is 4.25. The summed E-state index contributed by atoms with van der Waals surface area (Å²) in [5, 5.41) is 9.46.